The summed E-state index contributed by atoms with van der Waals surface area (Å²) >= 11 is 3.29. The van der Waals surface area contributed by atoms with Crippen molar-refractivity contribution in [3.63, 3.8) is 0 Å². The van der Waals surface area contributed by atoms with Crippen LogP contribution >= 0.6 is 15.9 Å². The molecule has 102 valence electrons. The first-order valence-electron chi connectivity index (χ1n) is 5.58. The van der Waals surface area contributed by atoms with Crippen molar-refractivity contribution in [1.82, 2.24) is 10.0 Å². The number of hydrogen-bond donors (Lipinski definition) is 2. The lowest BCUT2D eigenvalue weighted by Gasteiger charge is -2.09. The first kappa shape index (κ1) is 15.4. The van der Waals surface area contributed by atoms with E-state index in [2.05, 4.69) is 26.0 Å². The van der Waals surface area contributed by atoms with Gasteiger partial charge in [-0.15, -0.1) is 0 Å². The summed E-state index contributed by atoms with van der Waals surface area (Å²) in [5, 5.41) is 2.87. The van der Waals surface area contributed by atoms with Crippen molar-refractivity contribution in [2.45, 2.75) is 11.8 Å². The maximum Gasteiger partial charge on any atom is 0.240 e. The van der Waals surface area contributed by atoms with E-state index in [1.165, 1.54) is 12.1 Å². The van der Waals surface area contributed by atoms with Crippen molar-refractivity contribution >= 4 is 26.0 Å². The number of sulfonamides is 1. The highest BCUT2D eigenvalue weighted by Crippen LogP contribution is 2.27. The van der Waals surface area contributed by atoms with Crippen molar-refractivity contribution < 1.29 is 13.2 Å². The van der Waals surface area contributed by atoms with Crippen LogP contribution in [0.1, 0.15) is 6.92 Å². The Hall–Kier alpha value is -0.630. The smallest absolute Gasteiger partial charge is 0.240 e. The Kier molecular flexibility index (Phi) is 6.07. The number of rotatable bonds is 7. The highest BCUT2D eigenvalue weighted by Gasteiger charge is 2.15. The normalized spacial score (nSPS) is 11.5. The van der Waals surface area contributed by atoms with Gasteiger partial charge >= 0.3 is 0 Å². The Labute approximate surface area is 116 Å². The average Bonchev–Trinajstić information content (AvgIpc) is 2.32. The molecule has 0 spiro atoms. The monoisotopic (exact) mass is 336 g/mol. The SMILES string of the molecule is CCOc1ccc(S(=O)(=O)NCCNC)cc1Br. The minimum Gasteiger partial charge on any atom is -0.493 e. The van der Waals surface area contributed by atoms with Gasteiger partial charge in [0.1, 0.15) is 5.75 Å². The zero-order valence-corrected chi connectivity index (χ0v) is 12.8. The number of benzene rings is 1. The lowest BCUT2D eigenvalue weighted by Crippen LogP contribution is -2.30. The van der Waals surface area contributed by atoms with E-state index in [0.29, 0.717) is 29.9 Å². The molecule has 1 aromatic rings. The fourth-order valence-electron chi connectivity index (χ4n) is 1.32. The maximum absolute atomic E-state index is 11.9. The summed E-state index contributed by atoms with van der Waals surface area (Å²) in [5.74, 6) is 0.631. The summed E-state index contributed by atoms with van der Waals surface area (Å²) in [7, 11) is -1.70. The van der Waals surface area contributed by atoms with Gasteiger partial charge in [0, 0.05) is 13.1 Å². The van der Waals surface area contributed by atoms with E-state index in [1.807, 2.05) is 6.92 Å². The minimum absolute atomic E-state index is 0.217. The van der Waals surface area contributed by atoms with E-state index < -0.39 is 10.0 Å². The first-order valence-corrected chi connectivity index (χ1v) is 7.85. The van der Waals surface area contributed by atoms with Gasteiger partial charge in [-0.2, -0.15) is 0 Å². The molecule has 0 aliphatic rings. The second-order valence-corrected chi connectivity index (χ2v) is 6.15. The van der Waals surface area contributed by atoms with Crippen molar-refractivity contribution in [3.8, 4) is 5.75 Å². The van der Waals surface area contributed by atoms with E-state index >= 15 is 0 Å². The lowest BCUT2D eigenvalue weighted by atomic mass is 10.3. The topological polar surface area (TPSA) is 67.4 Å². The summed E-state index contributed by atoms with van der Waals surface area (Å²) < 4.78 is 32.3. The second kappa shape index (κ2) is 7.08. The predicted molar refractivity (Wildman–Crippen MR) is 74.4 cm³/mol. The van der Waals surface area contributed by atoms with Crippen LogP contribution < -0.4 is 14.8 Å². The van der Waals surface area contributed by atoms with Gasteiger partial charge in [0.2, 0.25) is 10.0 Å². The van der Waals surface area contributed by atoms with Gasteiger partial charge in [0.05, 0.1) is 16.0 Å². The minimum atomic E-state index is -3.46. The van der Waals surface area contributed by atoms with E-state index in [9.17, 15) is 8.42 Å². The highest BCUT2D eigenvalue weighted by atomic mass is 79.9. The van der Waals surface area contributed by atoms with E-state index in [1.54, 1.807) is 13.1 Å². The molecule has 0 amide bonds. The van der Waals surface area contributed by atoms with Crippen LogP contribution in [0.15, 0.2) is 27.6 Å². The maximum atomic E-state index is 11.9. The summed E-state index contributed by atoms with van der Waals surface area (Å²) in [4.78, 5) is 0.217. The molecule has 0 aliphatic heterocycles. The molecule has 5 nitrogen and oxygen atoms in total. The Morgan fingerprint density at radius 3 is 2.61 bits per heavy atom. The van der Waals surface area contributed by atoms with Crippen molar-refractivity contribution in [2.24, 2.45) is 0 Å². The van der Waals surface area contributed by atoms with Gasteiger partial charge in [-0.3, -0.25) is 0 Å². The van der Waals surface area contributed by atoms with Crippen LogP contribution in [0.4, 0.5) is 0 Å². The molecule has 0 heterocycles. The second-order valence-electron chi connectivity index (χ2n) is 3.53. The quantitative estimate of drug-likeness (QED) is 0.737. The van der Waals surface area contributed by atoms with Gasteiger partial charge < -0.3 is 10.1 Å². The molecule has 0 atom stereocenters. The number of nitrogens with one attached hydrogen (secondary N) is 2. The summed E-state index contributed by atoms with van der Waals surface area (Å²) in [6.45, 7) is 3.34. The molecule has 0 aliphatic carbocycles. The Morgan fingerprint density at radius 1 is 1.33 bits per heavy atom. The van der Waals surface area contributed by atoms with Crippen molar-refractivity contribution in [3.05, 3.63) is 22.7 Å². The molecule has 18 heavy (non-hydrogen) atoms. The third-order valence-electron chi connectivity index (χ3n) is 2.18. The fraction of sp³-hybridized carbons (Fsp3) is 0.455. The van der Waals surface area contributed by atoms with Crippen LogP contribution in [0.25, 0.3) is 0 Å². The Morgan fingerprint density at radius 2 is 2.06 bits per heavy atom. The van der Waals surface area contributed by atoms with Crippen LogP contribution in [0.5, 0.6) is 5.75 Å². The van der Waals surface area contributed by atoms with Gasteiger partial charge in [-0.05, 0) is 48.1 Å². The molecule has 0 radical (unpaired) electrons. The van der Waals surface area contributed by atoms with Crippen LogP contribution in [0.2, 0.25) is 0 Å². The molecule has 1 rings (SSSR count). The van der Waals surface area contributed by atoms with E-state index in [-0.39, 0.29) is 4.90 Å². The summed E-state index contributed by atoms with van der Waals surface area (Å²) in [5.41, 5.74) is 0. The predicted octanol–water partition coefficient (Wildman–Crippen LogP) is 1.35. The molecular formula is C11H17BrN2O3S. The Bertz CT molecular complexity index is 491. The van der Waals surface area contributed by atoms with Gasteiger partial charge in [0.25, 0.3) is 0 Å². The van der Waals surface area contributed by atoms with Crippen LogP contribution in [0, 0.1) is 0 Å². The molecule has 0 saturated carbocycles. The molecule has 0 aromatic heterocycles. The van der Waals surface area contributed by atoms with Crippen LogP contribution in [-0.4, -0.2) is 35.2 Å². The third-order valence-corrected chi connectivity index (χ3v) is 4.26. The molecule has 2 N–H and O–H groups in total. The standard InChI is InChI=1S/C11H17BrN2O3S/c1-3-17-11-5-4-9(8-10(11)12)18(15,16)14-7-6-13-2/h4-5,8,13-14H,3,6-7H2,1-2H3. The number of hydrogen-bond acceptors (Lipinski definition) is 4. The highest BCUT2D eigenvalue weighted by molar-refractivity contribution is 9.10. The third kappa shape index (κ3) is 4.24. The van der Waals surface area contributed by atoms with Crippen molar-refractivity contribution in [1.29, 1.82) is 0 Å². The van der Waals surface area contributed by atoms with E-state index in [4.69, 9.17) is 4.74 Å². The number of likely N-dealkylation sites (N-methyl/N-ethyl adjacent to an activating group) is 1. The zero-order valence-electron chi connectivity index (χ0n) is 10.4. The van der Waals surface area contributed by atoms with Gasteiger partial charge in [0.15, 0.2) is 0 Å². The Balaban J connectivity index is 2.86. The van der Waals surface area contributed by atoms with Crippen LogP contribution in [-0.2, 0) is 10.0 Å². The van der Waals surface area contributed by atoms with Gasteiger partial charge in [-0.1, -0.05) is 0 Å². The molecular weight excluding hydrogens is 320 g/mol. The lowest BCUT2D eigenvalue weighted by molar-refractivity contribution is 0.338. The fourth-order valence-corrected chi connectivity index (χ4v) is 3.02. The van der Waals surface area contributed by atoms with E-state index in [0.717, 1.165) is 0 Å². The molecule has 7 heteroatoms. The molecule has 1 aromatic carbocycles. The molecule has 0 saturated heterocycles. The number of ether oxygens (including phenoxy) is 1. The molecule has 0 bridgehead atoms. The zero-order chi connectivity index (χ0) is 13.6. The average molecular weight is 337 g/mol. The molecule has 0 fully saturated rings. The number of halogens is 1. The van der Waals surface area contributed by atoms with Crippen molar-refractivity contribution in [2.75, 3.05) is 26.7 Å². The summed E-state index contributed by atoms with van der Waals surface area (Å²) in [6, 6.07) is 4.70. The van der Waals surface area contributed by atoms with Crippen LogP contribution in [0.3, 0.4) is 0 Å². The molecule has 0 unspecified atom stereocenters. The summed E-state index contributed by atoms with van der Waals surface area (Å²) in [6.07, 6.45) is 0. The first-order chi connectivity index (χ1) is 8.51. The van der Waals surface area contributed by atoms with Gasteiger partial charge in [-0.25, -0.2) is 13.1 Å². The largest absolute Gasteiger partial charge is 0.493 e.